The van der Waals surface area contributed by atoms with Gasteiger partial charge in [-0.15, -0.1) is 0 Å². The lowest BCUT2D eigenvalue weighted by atomic mass is 9.74. The van der Waals surface area contributed by atoms with Gasteiger partial charge in [-0.25, -0.2) is 4.98 Å². The molecule has 0 amide bonds. The third kappa shape index (κ3) is 5.48. The Morgan fingerprint density at radius 3 is 1.69 bits per heavy atom. The highest BCUT2D eigenvalue weighted by atomic mass is 16.5. The number of para-hydroxylation sites is 1. The van der Waals surface area contributed by atoms with E-state index in [2.05, 4.69) is 170 Å². The summed E-state index contributed by atoms with van der Waals surface area (Å²) in [4.78, 5) is 5.21. The Labute approximate surface area is 320 Å². The fraction of sp³-hybridized carbons (Fsp3) is 0.0588. The Balaban J connectivity index is 1.07. The van der Waals surface area contributed by atoms with Crippen molar-refractivity contribution in [2.75, 3.05) is 0 Å². The molecule has 55 heavy (non-hydrogen) atoms. The van der Waals surface area contributed by atoms with Crippen LogP contribution in [0.5, 0.6) is 11.5 Å². The van der Waals surface area contributed by atoms with Crippen molar-refractivity contribution in [1.82, 2.24) is 9.55 Å². The van der Waals surface area contributed by atoms with Crippen molar-refractivity contribution in [2.24, 2.45) is 0 Å². The van der Waals surface area contributed by atoms with Gasteiger partial charge >= 0.3 is 0 Å². The van der Waals surface area contributed by atoms with Gasteiger partial charge in [0.25, 0.3) is 0 Å². The van der Waals surface area contributed by atoms with Gasteiger partial charge in [-0.3, -0.25) is 0 Å². The van der Waals surface area contributed by atoms with Crippen molar-refractivity contribution in [3.63, 3.8) is 0 Å². The Hall–Kier alpha value is -7.22. The molecule has 260 valence electrons. The van der Waals surface area contributed by atoms with Crippen LogP contribution in [0.15, 0.2) is 176 Å². The number of benzene rings is 7. The molecule has 1 aliphatic rings. The second kappa shape index (κ2) is 12.7. The molecule has 7 aromatic carbocycles. The maximum atomic E-state index is 9.79. The summed E-state index contributed by atoms with van der Waals surface area (Å²) in [6.07, 6.45) is 0. The first-order valence-electron chi connectivity index (χ1n) is 18.6. The van der Waals surface area contributed by atoms with E-state index >= 15 is 0 Å². The van der Waals surface area contributed by atoms with E-state index < -0.39 is 0 Å². The van der Waals surface area contributed by atoms with E-state index in [1.54, 1.807) is 0 Å². The van der Waals surface area contributed by atoms with Crippen molar-refractivity contribution in [3.8, 4) is 68.0 Å². The number of ether oxygens (including phenoxy) is 1. The van der Waals surface area contributed by atoms with Crippen molar-refractivity contribution in [3.05, 3.63) is 193 Å². The highest BCUT2D eigenvalue weighted by molar-refractivity contribution is 6.11. The first-order chi connectivity index (χ1) is 26.9. The summed E-state index contributed by atoms with van der Waals surface area (Å²) >= 11 is 0. The molecule has 3 heterocycles. The highest BCUT2D eigenvalue weighted by Crippen LogP contribution is 2.50. The van der Waals surface area contributed by atoms with E-state index in [0.717, 1.165) is 94.9 Å². The van der Waals surface area contributed by atoms with Crippen LogP contribution in [0, 0.1) is 11.3 Å². The lowest BCUT2D eigenvalue weighted by Crippen LogP contribution is -2.24. The van der Waals surface area contributed by atoms with E-state index in [1.165, 1.54) is 0 Å². The van der Waals surface area contributed by atoms with E-state index in [-0.39, 0.29) is 5.41 Å². The molecular formula is C51H35N3O. The minimum Gasteiger partial charge on any atom is -0.457 e. The summed E-state index contributed by atoms with van der Waals surface area (Å²) < 4.78 is 8.91. The second-order valence-corrected chi connectivity index (χ2v) is 14.8. The van der Waals surface area contributed by atoms with Gasteiger partial charge in [-0.05, 0) is 107 Å². The smallest absolute Gasteiger partial charge is 0.131 e. The molecule has 0 N–H and O–H groups in total. The number of nitrogens with zero attached hydrogens (tertiary/aromatic N) is 3. The summed E-state index contributed by atoms with van der Waals surface area (Å²) in [5, 5.41) is 12.0. The predicted molar refractivity (Wildman–Crippen MR) is 224 cm³/mol. The molecule has 10 rings (SSSR count). The second-order valence-electron chi connectivity index (χ2n) is 14.8. The van der Waals surface area contributed by atoms with Gasteiger partial charge in [0.2, 0.25) is 0 Å². The molecule has 0 unspecified atom stereocenters. The molecule has 0 saturated heterocycles. The summed E-state index contributed by atoms with van der Waals surface area (Å²) in [6, 6.07) is 63.6. The van der Waals surface area contributed by atoms with Crippen molar-refractivity contribution in [2.45, 2.75) is 19.3 Å². The largest absolute Gasteiger partial charge is 0.457 e. The summed E-state index contributed by atoms with van der Waals surface area (Å²) in [5.41, 5.74) is 14.3. The average molecular weight is 706 g/mol. The number of hydrogen-bond acceptors (Lipinski definition) is 3. The molecule has 4 heteroatoms. The van der Waals surface area contributed by atoms with Gasteiger partial charge in [0.1, 0.15) is 11.5 Å². The zero-order chi connectivity index (χ0) is 37.1. The third-order valence-corrected chi connectivity index (χ3v) is 11.1. The van der Waals surface area contributed by atoms with Crippen LogP contribution < -0.4 is 4.74 Å². The normalized spacial score (nSPS) is 12.8. The average Bonchev–Trinajstić information content (AvgIpc) is 3.57. The molecule has 2 aromatic heterocycles. The van der Waals surface area contributed by atoms with E-state index in [4.69, 9.17) is 9.72 Å². The third-order valence-electron chi connectivity index (χ3n) is 11.1. The topological polar surface area (TPSA) is 50.8 Å². The summed E-state index contributed by atoms with van der Waals surface area (Å²) in [5.74, 6) is 1.73. The number of aromatic nitrogens is 2. The fourth-order valence-electron chi connectivity index (χ4n) is 8.18. The van der Waals surface area contributed by atoms with Crippen LogP contribution in [0.4, 0.5) is 0 Å². The zero-order valence-electron chi connectivity index (χ0n) is 30.5. The van der Waals surface area contributed by atoms with E-state index in [9.17, 15) is 5.26 Å². The van der Waals surface area contributed by atoms with Crippen LogP contribution in [0.1, 0.15) is 30.5 Å². The Bertz CT molecular complexity index is 2920. The molecule has 0 atom stereocenters. The minimum atomic E-state index is -0.358. The molecule has 0 fully saturated rings. The number of rotatable bonds is 5. The molecule has 1 aliphatic heterocycles. The lowest BCUT2D eigenvalue weighted by molar-refractivity contribution is 0.418. The number of nitriles is 1. The van der Waals surface area contributed by atoms with Crippen molar-refractivity contribution in [1.29, 1.82) is 5.26 Å². The van der Waals surface area contributed by atoms with Gasteiger partial charge in [0, 0.05) is 44.1 Å². The first kappa shape index (κ1) is 32.4. The van der Waals surface area contributed by atoms with Crippen molar-refractivity contribution >= 4 is 21.8 Å². The SMILES string of the molecule is CC1(C)c2cc(-c3ccc4c(c3)c3cc(C#N)ccc3n4-c3ccccc3)ccc2Oc2ccc(-c3cc(-c4ccccc4)cc(-c4ccccc4)n3)cc21. The highest BCUT2D eigenvalue weighted by Gasteiger charge is 2.35. The van der Waals surface area contributed by atoms with Gasteiger partial charge < -0.3 is 9.30 Å². The van der Waals surface area contributed by atoms with Gasteiger partial charge in [0.05, 0.1) is 34.1 Å². The maximum absolute atomic E-state index is 9.79. The zero-order valence-corrected chi connectivity index (χ0v) is 30.5. The predicted octanol–water partition coefficient (Wildman–Crippen LogP) is 13.1. The molecule has 9 aromatic rings. The van der Waals surface area contributed by atoms with Crippen LogP contribution in [-0.4, -0.2) is 9.55 Å². The van der Waals surface area contributed by atoms with Gasteiger partial charge in [-0.1, -0.05) is 105 Å². The summed E-state index contributed by atoms with van der Waals surface area (Å²) in [7, 11) is 0. The van der Waals surface area contributed by atoms with Crippen LogP contribution in [0.25, 0.3) is 72.3 Å². The van der Waals surface area contributed by atoms with Gasteiger partial charge in [0.15, 0.2) is 0 Å². The van der Waals surface area contributed by atoms with Gasteiger partial charge in [-0.2, -0.15) is 5.26 Å². The Morgan fingerprint density at radius 1 is 0.491 bits per heavy atom. The lowest BCUT2D eigenvalue weighted by Gasteiger charge is -2.35. The number of fused-ring (bicyclic) bond motifs is 5. The van der Waals surface area contributed by atoms with Crippen molar-refractivity contribution < 1.29 is 4.74 Å². The molecular weight excluding hydrogens is 671 g/mol. The standard InChI is InChI=1S/C51H35N3O/c1-51(2)43-28-37(36-19-23-48-42(27-36)41-26-33(32-52)18-22-47(41)54(48)40-16-10-5-11-17-40)20-24-49(43)55-50-25-21-38(29-44(50)51)46-31-39(34-12-6-3-7-13-34)30-45(53-46)35-14-8-4-9-15-35/h3-31H,1-2H3. The quantitative estimate of drug-likeness (QED) is 0.179. The van der Waals surface area contributed by atoms with Crippen LogP contribution >= 0.6 is 0 Å². The first-order valence-corrected chi connectivity index (χ1v) is 18.6. The molecule has 4 nitrogen and oxygen atoms in total. The van der Waals surface area contributed by atoms with E-state index in [0.29, 0.717) is 5.56 Å². The molecule has 0 saturated carbocycles. The summed E-state index contributed by atoms with van der Waals surface area (Å²) in [6.45, 7) is 4.56. The monoisotopic (exact) mass is 705 g/mol. The molecule has 0 spiro atoms. The Morgan fingerprint density at radius 2 is 1.02 bits per heavy atom. The number of pyridine rings is 1. The van der Waals surface area contributed by atoms with E-state index in [1.807, 2.05) is 30.3 Å². The van der Waals surface area contributed by atoms with Crippen LogP contribution in [-0.2, 0) is 5.41 Å². The number of hydrogen-bond donors (Lipinski definition) is 0. The molecule has 0 radical (unpaired) electrons. The van der Waals surface area contributed by atoms with Crippen LogP contribution in [0.3, 0.4) is 0 Å². The Kier molecular flexibility index (Phi) is 7.50. The minimum absolute atomic E-state index is 0.358. The molecule has 0 aliphatic carbocycles. The maximum Gasteiger partial charge on any atom is 0.131 e. The fourth-order valence-corrected chi connectivity index (χ4v) is 8.18. The molecule has 0 bridgehead atoms. The van der Waals surface area contributed by atoms with Crippen LogP contribution in [0.2, 0.25) is 0 Å².